The second-order valence-electron chi connectivity index (χ2n) is 3.02. The van der Waals surface area contributed by atoms with Crippen LogP contribution in [0.15, 0.2) is 18.9 Å². The van der Waals surface area contributed by atoms with Crippen molar-refractivity contribution in [1.82, 2.24) is 19.5 Å². The molecule has 0 N–H and O–H groups in total. The number of aromatic nitrogens is 4. The van der Waals surface area contributed by atoms with Crippen molar-refractivity contribution in [2.45, 2.75) is 26.3 Å². The fourth-order valence-electron chi connectivity index (χ4n) is 1.31. The summed E-state index contributed by atoms with van der Waals surface area (Å²) in [7, 11) is 0. The number of rotatable bonds is 3. The summed E-state index contributed by atoms with van der Waals surface area (Å²) in [6, 6.07) is 0. The van der Waals surface area contributed by atoms with Crippen LogP contribution in [-0.4, -0.2) is 19.5 Å². The number of fused-ring (bicyclic) bond motifs is 1. The molecule has 68 valence electrons. The van der Waals surface area contributed by atoms with Crippen molar-refractivity contribution < 1.29 is 0 Å². The van der Waals surface area contributed by atoms with Crippen molar-refractivity contribution in [3.63, 3.8) is 0 Å². The van der Waals surface area contributed by atoms with Crippen LogP contribution in [0.5, 0.6) is 0 Å². The smallest absolute Gasteiger partial charge is 0.180 e. The zero-order valence-corrected chi connectivity index (χ0v) is 7.64. The quantitative estimate of drug-likeness (QED) is 0.713. The van der Waals surface area contributed by atoms with E-state index in [0.29, 0.717) is 0 Å². The van der Waals surface area contributed by atoms with Crippen LogP contribution in [0.25, 0.3) is 11.2 Å². The van der Waals surface area contributed by atoms with Crippen LogP contribution in [0, 0.1) is 0 Å². The van der Waals surface area contributed by atoms with Gasteiger partial charge in [0.2, 0.25) is 0 Å². The van der Waals surface area contributed by atoms with Crippen molar-refractivity contribution >= 4 is 11.2 Å². The highest BCUT2D eigenvalue weighted by Crippen LogP contribution is 2.08. The van der Waals surface area contributed by atoms with Gasteiger partial charge in [0.05, 0.1) is 12.5 Å². The van der Waals surface area contributed by atoms with Gasteiger partial charge in [-0.25, -0.2) is 15.0 Å². The maximum atomic E-state index is 4.18. The van der Waals surface area contributed by atoms with Crippen molar-refractivity contribution in [2.24, 2.45) is 0 Å². The van der Waals surface area contributed by atoms with Crippen LogP contribution in [-0.2, 0) is 6.54 Å². The van der Waals surface area contributed by atoms with Crippen LogP contribution in [0.1, 0.15) is 19.8 Å². The molecule has 4 heteroatoms. The second kappa shape index (κ2) is 3.51. The van der Waals surface area contributed by atoms with Gasteiger partial charge in [0.1, 0.15) is 11.8 Å². The van der Waals surface area contributed by atoms with Crippen LogP contribution < -0.4 is 0 Å². The Labute approximate surface area is 76.7 Å². The lowest BCUT2D eigenvalue weighted by molar-refractivity contribution is 0.645. The standard InChI is InChI=1S/C9H12N4/c1-2-3-4-13-7-12-9-8(13)5-10-6-11-9/h5-7H,2-4H2,1H3. The number of hydrogen-bond acceptors (Lipinski definition) is 3. The number of hydrogen-bond donors (Lipinski definition) is 0. The second-order valence-corrected chi connectivity index (χ2v) is 3.02. The third-order valence-corrected chi connectivity index (χ3v) is 2.05. The molecule has 4 nitrogen and oxygen atoms in total. The van der Waals surface area contributed by atoms with E-state index >= 15 is 0 Å². The fraction of sp³-hybridized carbons (Fsp3) is 0.444. The van der Waals surface area contributed by atoms with E-state index in [-0.39, 0.29) is 0 Å². The van der Waals surface area contributed by atoms with Crippen molar-refractivity contribution in [2.75, 3.05) is 0 Å². The zero-order valence-electron chi connectivity index (χ0n) is 7.64. The Morgan fingerprint density at radius 3 is 3.15 bits per heavy atom. The lowest BCUT2D eigenvalue weighted by Gasteiger charge is -2.00. The molecule has 2 rings (SSSR count). The monoisotopic (exact) mass is 176 g/mol. The fourth-order valence-corrected chi connectivity index (χ4v) is 1.31. The third-order valence-electron chi connectivity index (χ3n) is 2.05. The van der Waals surface area contributed by atoms with Crippen LogP contribution in [0.2, 0.25) is 0 Å². The SMILES string of the molecule is CCCCn1cnc2ncncc21. The van der Waals surface area contributed by atoms with E-state index in [2.05, 4.69) is 26.4 Å². The van der Waals surface area contributed by atoms with Crippen LogP contribution in [0.3, 0.4) is 0 Å². The molecule has 0 spiro atoms. The summed E-state index contributed by atoms with van der Waals surface area (Å²) in [4.78, 5) is 12.2. The Balaban J connectivity index is 2.35. The normalized spacial score (nSPS) is 10.8. The van der Waals surface area contributed by atoms with Gasteiger partial charge < -0.3 is 4.57 Å². The first-order chi connectivity index (χ1) is 6.42. The zero-order chi connectivity index (χ0) is 9.10. The summed E-state index contributed by atoms with van der Waals surface area (Å²) in [5.41, 5.74) is 1.81. The predicted molar refractivity (Wildman–Crippen MR) is 50.2 cm³/mol. The van der Waals surface area contributed by atoms with E-state index in [9.17, 15) is 0 Å². The highest BCUT2D eigenvalue weighted by molar-refractivity contribution is 5.68. The molecule has 0 aromatic carbocycles. The van der Waals surface area contributed by atoms with Crippen LogP contribution >= 0.6 is 0 Å². The minimum Gasteiger partial charge on any atom is -0.328 e. The molecule has 13 heavy (non-hydrogen) atoms. The molecule has 2 aromatic heterocycles. The van der Waals surface area contributed by atoms with E-state index < -0.39 is 0 Å². The number of aryl methyl sites for hydroxylation is 1. The average Bonchev–Trinajstić information content (AvgIpc) is 2.58. The molecule has 0 amide bonds. The molecule has 2 aromatic rings. The summed E-state index contributed by atoms with van der Waals surface area (Å²) in [6.45, 7) is 3.18. The van der Waals surface area contributed by atoms with E-state index in [0.717, 1.165) is 17.7 Å². The van der Waals surface area contributed by atoms with E-state index in [1.54, 1.807) is 0 Å². The largest absolute Gasteiger partial charge is 0.328 e. The Bertz CT molecular complexity index is 393. The van der Waals surface area contributed by atoms with Gasteiger partial charge in [-0.2, -0.15) is 0 Å². The number of nitrogens with zero attached hydrogens (tertiary/aromatic N) is 4. The lowest BCUT2D eigenvalue weighted by Crippen LogP contribution is -1.95. The molecule has 0 atom stereocenters. The molecular formula is C9H12N4. The van der Waals surface area contributed by atoms with Gasteiger partial charge in [0, 0.05) is 6.54 Å². The van der Waals surface area contributed by atoms with E-state index in [1.807, 2.05) is 12.5 Å². The number of imidazole rings is 1. The number of unbranched alkanes of at least 4 members (excludes halogenated alkanes) is 1. The molecule has 0 radical (unpaired) electrons. The third kappa shape index (κ3) is 1.52. The van der Waals surface area contributed by atoms with Gasteiger partial charge >= 0.3 is 0 Å². The molecule has 0 bridgehead atoms. The lowest BCUT2D eigenvalue weighted by atomic mass is 10.3. The Kier molecular flexibility index (Phi) is 2.21. The molecule has 0 aliphatic carbocycles. The van der Waals surface area contributed by atoms with Crippen LogP contribution in [0.4, 0.5) is 0 Å². The van der Waals surface area contributed by atoms with E-state index in [4.69, 9.17) is 0 Å². The maximum Gasteiger partial charge on any atom is 0.180 e. The minimum absolute atomic E-state index is 0.783. The topological polar surface area (TPSA) is 43.6 Å². The first-order valence-corrected chi connectivity index (χ1v) is 4.52. The Morgan fingerprint density at radius 1 is 1.38 bits per heavy atom. The van der Waals surface area contributed by atoms with Crippen molar-refractivity contribution in [1.29, 1.82) is 0 Å². The summed E-state index contributed by atoms with van der Waals surface area (Å²) in [5.74, 6) is 0. The first-order valence-electron chi connectivity index (χ1n) is 4.52. The minimum atomic E-state index is 0.783. The Morgan fingerprint density at radius 2 is 2.31 bits per heavy atom. The summed E-state index contributed by atoms with van der Waals surface area (Å²) in [5, 5.41) is 0. The van der Waals surface area contributed by atoms with Gasteiger partial charge in [-0.15, -0.1) is 0 Å². The highest BCUT2D eigenvalue weighted by Gasteiger charge is 2.01. The molecule has 0 fully saturated rings. The van der Waals surface area contributed by atoms with Crippen molar-refractivity contribution in [3.8, 4) is 0 Å². The van der Waals surface area contributed by atoms with Crippen molar-refractivity contribution in [3.05, 3.63) is 18.9 Å². The van der Waals surface area contributed by atoms with Gasteiger partial charge in [0.15, 0.2) is 5.65 Å². The molecule has 0 saturated carbocycles. The average molecular weight is 176 g/mol. The summed E-state index contributed by atoms with van der Waals surface area (Å²) in [6.07, 6.45) is 7.52. The van der Waals surface area contributed by atoms with E-state index in [1.165, 1.54) is 19.2 Å². The summed E-state index contributed by atoms with van der Waals surface area (Å²) < 4.78 is 2.10. The Hall–Kier alpha value is -1.45. The summed E-state index contributed by atoms with van der Waals surface area (Å²) >= 11 is 0. The molecular weight excluding hydrogens is 164 g/mol. The highest BCUT2D eigenvalue weighted by atomic mass is 15.1. The molecule has 2 heterocycles. The molecule has 0 saturated heterocycles. The molecule has 0 aliphatic heterocycles. The van der Waals surface area contributed by atoms with Gasteiger partial charge in [-0.3, -0.25) is 0 Å². The maximum absolute atomic E-state index is 4.18. The van der Waals surface area contributed by atoms with Gasteiger partial charge in [0.25, 0.3) is 0 Å². The molecule has 0 unspecified atom stereocenters. The van der Waals surface area contributed by atoms with Gasteiger partial charge in [-0.1, -0.05) is 13.3 Å². The predicted octanol–water partition coefficient (Wildman–Crippen LogP) is 1.63. The molecule has 0 aliphatic rings. The first kappa shape index (κ1) is 8.16. The van der Waals surface area contributed by atoms with Gasteiger partial charge in [-0.05, 0) is 6.42 Å².